The number of nitrogens with two attached hydrogens (primary N) is 1. The maximum atomic E-state index is 11.7. The van der Waals surface area contributed by atoms with Gasteiger partial charge in [0.05, 0.1) is 6.04 Å². The molecule has 1 aliphatic rings. The van der Waals surface area contributed by atoms with E-state index in [1.165, 1.54) is 25.7 Å². The first-order valence-corrected chi connectivity index (χ1v) is 6.08. The Morgan fingerprint density at radius 3 is 2.27 bits per heavy atom. The summed E-state index contributed by atoms with van der Waals surface area (Å²) in [6.07, 6.45) is 5.11. The molecule has 15 heavy (non-hydrogen) atoms. The van der Waals surface area contributed by atoms with Crippen LogP contribution in [0.25, 0.3) is 0 Å². The molecule has 2 atom stereocenters. The van der Waals surface area contributed by atoms with Gasteiger partial charge in [0.15, 0.2) is 0 Å². The smallest absolute Gasteiger partial charge is 0.237 e. The van der Waals surface area contributed by atoms with Crippen LogP contribution in [0.3, 0.4) is 0 Å². The Labute approximate surface area is 92.8 Å². The minimum absolute atomic E-state index is 0.00407. The fourth-order valence-electron chi connectivity index (χ4n) is 2.20. The first-order valence-electron chi connectivity index (χ1n) is 6.08. The molecule has 3 nitrogen and oxygen atoms in total. The summed E-state index contributed by atoms with van der Waals surface area (Å²) >= 11 is 0. The Kier molecular flexibility index (Phi) is 4.58. The first kappa shape index (κ1) is 12.5. The normalized spacial score (nSPS) is 21.7. The van der Waals surface area contributed by atoms with Crippen LogP contribution in [0.5, 0.6) is 0 Å². The highest BCUT2D eigenvalue weighted by Crippen LogP contribution is 2.27. The quantitative estimate of drug-likeness (QED) is 0.744. The third kappa shape index (κ3) is 3.49. The zero-order valence-corrected chi connectivity index (χ0v) is 10.1. The van der Waals surface area contributed by atoms with Crippen molar-refractivity contribution < 1.29 is 4.79 Å². The van der Waals surface area contributed by atoms with Gasteiger partial charge >= 0.3 is 0 Å². The lowest BCUT2D eigenvalue weighted by molar-refractivity contribution is -0.124. The van der Waals surface area contributed by atoms with E-state index in [1.807, 2.05) is 13.8 Å². The Morgan fingerprint density at radius 1 is 1.27 bits per heavy atom. The van der Waals surface area contributed by atoms with Gasteiger partial charge in [0.25, 0.3) is 0 Å². The topological polar surface area (TPSA) is 55.1 Å². The predicted octanol–water partition coefficient (Wildman–Crippen LogP) is 1.66. The molecule has 0 aromatic carbocycles. The Morgan fingerprint density at radius 2 is 1.80 bits per heavy atom. The van der Waals surface area contributed by atoms with E-state index >= 15 is 0 Å². The van der Waals surface area contributed by atoms with Crippen molar-refractivity contribution in [2.75, 3.05) is 0 Å². The minimum atomic E-state index is -0.367. The van der Waals surface area contributed by atoms with Crippen molar-refractivity contribution in [1.29, 1.82) is 0 Å². The van der Waals surface area contributed by atoms with Gasteiger partial charge in [-0.05, 0) is 31.6 Å². The lowest BCUT2D eigenvalue weighted by Gasteiger charge is -2.23. The third-order valence-corrected chi connectivity index (χ3v) is 3.50. The Balaban J connectivity index is 2.36. The molecule has 3 N–H and O–H groups in total. The second-order valence-electron chi connectivity index (χ2n) is 5.11. The highest BCUT2D eigenvalue weighted by atomic mass is 16.2. The summed E-state index contributed by atoms with van der Waals surface area (Å²) in [6.45, 7) is 6.05. The lowest BCUT2D eigenvalue weighted by Crippen LogP contribution is -2.48. The van der Waals surface area contributed by atoms with Crippen LogP contribution in [0.2, 0.25) is 0 Å². The van der Waals surface area contributed by atoms with E-state index in [-0.39, 0.29) is 23.9 Å². The zero-order chi connectivity index (χ0) is 11.4. The molecule has 0 aliphatic heterocycles. The largest absolute Gasteiger partial charge is 0.352 e. The van der Waals surface area contributed by atoms with Crippen LogP contribution in [0.15, 0.2) is 0 Å². The highest BCUT2D eigenvalue weighted by Gasteiger charge is 2.25. The molecule has 0 bridgehead atoms. The molecule has 0 aromatic rings. The van der Waals surface area contributed by atoms with Gasteiger partial charge in [0, 0.05) is 6.04 Å². The second-order valence-corrected chi connectivity index (χ2v) is 5.11. The van der Waals surface area contributed by atoms with E-state index in [1.54, 1.807) is 0 Å². The van der Waals surface area contributed by atoms with Crippen LogP contribution in [0.1, 0.15) is 46.5 Å². The number of hydrogen-bond acceptors (Lipinski definition) is 2. The van der Waals surface area contributed by atoms with Crippen molar-refractivity contribution in [1.82, 2.24) is 5.32 Å². The molecule has 0 aromatic heterocycles. The van der Waals surface area contributed by atoms with E-state index in [0.29, 0.717) is 5.92 Å². The molecule has 1 aliphatic carbocycles. The molecule has 0 radical (unpaired) electrons. The van der Waals surface area contributed by atoms with Crippen molar-refractivity contribution in [3.8, 4) is 0 Å². The maximum absolute atomic E-state index is 11.7. The SMILES string of the molecule is CC(NC(=O)[C@@H](N)C(C)C)C1CCCC1. The predicted molar refractivity (Wildman–Crippen MR) is 62.4 cm³/mol. The van der Waals surface area contributed by atoms with Gasteiger partial charge in [0.1, 0.15) is 0 Å². The summed E-state index contributed by atoms with van der Waals surface area (Å²) in [4.78, 5) is 11.7. The molecule has 1 unspecified atom stereocenters. The fourth-order valence-corrected chi connectivity index (χ4v) is 2.20. The van der Waals surface area contributed by atoms with Crippen molar-refractivity contribution in [2.45, 2.75) is 58.5 Å². The highest BCUT2D eigenvalue weighted by molar-refractivity contribution is 5.81. The van der Waals surface area contributed by atoms with Crippen LogP contribution in [0.4, 0.5) is 0 Å². The number of rotatable bonds is 4. The summed E-state index contributed by atoms with van der Waals surface area (Å²) in [5.74, 6) is 0.874. The van der Waals surface area contributed by atoms with Crippen LogP contribution in [-0.2, 0) is 4.79 Å². The monoisotopic (exact) mass is 212 g/mol. The molecule has 0 saturated heterocycles. The number of nitrogens with one attached hydrogen (secondary N) is 1. The third-order valence-electron chi connectivity index (χ3n) is 3.50. The average Bonchev–Trinajstić information content (AvgIpc) is 2.68. The Hall–Kier alpha value is -0.570. The average molecular weight is 212 g/mol. The van der Waals surface area contributed by atoms with Gasteiger partial charge < -0.3 is 11.1 Å². The summed E-state index contributed by atoms with van der Waals surface area (Å²) in [7, 11) is 0. The van der Waals surface area contributed by atoms with E-state index in [9.17, 15) is 4.79 Å². The Bertz CT molecular complexity index is 210. The molecular weight excluding hydrogens is 188 g/mol. The summed E-state index contributed by atoms with van der Waals surface area (Å²) < 4.78 is 0. The van der Waals surface area contributed by atoms with Gasteiger partial charge in [-0.25, -0.2) is 0 Å². The molecule has 1 fully saturated rings. The van der Waals surface area contributed by atoms with E-state index < -0.39 is 0 Å². The standard InChI is InChI=1S/C12H24N2O/c1-8(2)11(13)12(15)14-9(3)10-6-4-5-7-10/h8-11H,4-7,13H2,1-3H3,(H,14,15)/t9?,11-/m0/s1. The van der Waals surface area contributed by atoms with Gasteiger partial charge in [-0.2, -0.15) is 0 Å². The van der Waals surface area contributed by atoms with Crippen LogP contribution < -0.4 is 11.1 Å². The van der Waals surface area contributed by atoms with Gasteiger partial charge in [-0.1, -0.05) is 26.7 Å². The van der Waals surface area contributed by atoms with E-state index in [4.69, 9.17) is 5.73 Å². The minimum Gasteiger partial charge on any atom is -0.352 e. The molecule has 1 rings (SSSR count). The van der Waals surface area contributed by atoms with Crippen LogP contribution in [0, 0.1) is 11.8 Å². The van der Waals surface area contributed by atoms with Gasteiger partial charge in [-0.15, -0.1) is 0 Å². The summed E-state index contributed by atoms with van der Waals surface area (Å²) in [5, 5.41) is 3.04. The molecule has 1 saturated carbocycles. The molecule has 3 heteroatoms. The van der Waals surface area contributed by atoms with E-state index in [0.717, 1.165) is 0 Å². The molecule has 0 spiro atoms. The fraction of sp³-hybridized carbons (Fsp3) is 0.917. The number of amides is 1. The van der Waals surface area contributed by atoms with E-state index in [2.05, 4.69) is 12.2 Å². The number of carbonyl (C=O) groups is 1. The van der Waals surface area contributed by atoms with Crippen molar-refractivity contribution in [3.63, 3.8) is 0 Å². The van der Waals surface area contributed by atoms with Crippen molar-refractivity contribution in [3.05, 3.63) is 0 Å². The van der Waals surface area contributed by atoms with Crippen LogP contribution >= 0.6 is 0 Å². The lowest BCUT2D eigenvalue weighted by atomic mass is 9.98. The zero-order valence-electron chi connectivity index (χ0n) is 10.1. The van der Waals surface area contributed by atoms with Crippen molar-refractivity contribution in [2.24, 2.45) is 17.6 Å². The summed E-state index contributed by atoms with van der Waals surface area (Å²) in [6, 6.07) is -0.0846. The van der Waals surface area contributed by atoms with Gasteiger partial charge in [0.2, 0.25) is 5.91 Å². The number of carbonyl (C=O) groups excluding carboxylic acids is 1. The number of hydrogen-bond donors (Lipinski definition) is 2. The van der Waals surface area contributed by atoms with Crippen LogP contribution in [-0.4, -0.2) is 18.0 Å². The molecule has 1 amide bonds. The summed E-state index contributed by atoms with van der Waals surface area (Å²) in [5.41, 5.74) is 5.79. The molecule has 0 heterocycles. The molecular formula is C12H24N2O. The maximum Gasteiger partial charge on any atom is 0.237 e. The first-order chi connectivity index (χ1) is 7.02. The van der Waals surface area contributed by atoms with Crippen molar-refractivity contribution >= 4 is 5.91 Å². The molecule has 88 valence electrons. The second kappa shape index (κ2) is 5.50. The van der Waals surface area contributed by atoms with Gasteiger partial charge in [-0.3, -0.25) is 4.79 Å².